The minimum atomic E-state index is -4.50. The standard InChI is InChI=1S/C21H21F3N4O4/c1-2-32-20(31)18(12-13-3-7-15(8-4-13)21(22,23)24)26-19(30)17(27-28-25)11-14-5-9-16(29)10-6-14/h3-10,17-18,29H,2,11-12H2,1H3,(H,26,30)/t17-,18+/m1/s1. The highest BCUT2D eigenvalue weighted by atomic mass is 19.4. The molecule has 2 N–H and O–H groups in total. The summed E-state index contributed by atoms with van der Waals surface area (Å²) in [5, 5.41) is 15.3. The van der Waals surface area contributed by atoms with E-state index in [4.69, 9.17) is 10.3 Å². The topological polar surface area (TPSA) is 124 Å². The van der Waals surface area contributed by atoms with E-state index in [9.17, 15) is 27.9 Å². The number of nitrogens with zero attached hydrogens (tertiary/aromatic N) is 3. The maximum absolute atomic E-state index is 12.8. The summed E-state index contributed by atoms with van der Waals surface area (Å²) in [6.07, 6.45) is -4.61. The Labute approximate surface area is 181 Å². The van der Waals surface area contributed by atoms with Crippen LogP contribution in [0.4, 0.5) is 13.2 Å². The Morgan fingerprint density at radius 3 is 2.19 bits per heavy atom. The quantitative estimate of drug-likeness (QED) is 0.260. The normalized spacial score (nSPS) is 12.9. The highest BCUT2D eigenvalue weighted by Crippen LogP contribution is 2.29. The van der Waals surface area contributed by atoms with Gasteiger partial charge in [-0.05, 0) is 54.3 Å². The van der Waals surface area contributed by atoms with Gasteiger partial charge >= 0.3 is 12.1 Å². The van der Waals surface area contributed by atoms with Crippen LogP contribution in [-0.2, 0) is 33.3 Å². The van der Waals surface area contributed by atoms with Gasteiger partial charge in [0.15, 0.2) is 0 Å². The Morgan fingerprint density at radius 1 is 1.09 bits per heavy atom. The summed E-state index contributed by atoms with van der Waals surface area (Å²) < 4.78 is 43.2. The number of esters is 1. The molecule has 2 rings (SSSR count). The molecule has 0 saturated carbocycles. The number of azide groups is 1. The lowest BCUT2D eigenvalue weighted by Crippen LogP contribution is -2.47. The number of phenols is 1. The van der Waals surface area contributed by atoms with Crippen molar-refractivity contribution in [1.29, 1.82) is 0 Å². The number of halogens is 3. The first kappa shape index (κ1) is 24.5. The van der Waals surface area contributed by atoms with Gasteiger partial charge in [-0.15, -0.1) is 0 Å². The fourth-order valence-corrected chi connectivity index (χ4v) is 2.87. The number of phenolic OH excluding ortho intramolecular Hbond substituents is 1. The largest absolute Gasteiger partial charge is 0.508 e. The number of amides is 1. The van der Waals surface area contributed by atoms with Crippen molar-refractivity contribution in [2.45, 2.75) is 38.0 Å². The molecule has 11 heteroatoms. The number of hydrogen-bond donors (Lipinski definition) is 2. The molecule has 1 amide bonds. The zero-order valence-electron chi connectivity index (χ0n) is 17.0. The molecule has 0 aliphatic carbocycles. The molecule has 0 radical (unpaired) electrons. The molecule has 0 spiro atoms. The van der Waals surface area contributed by atoms with Crippen LogP contribution in [0.2, 0.25) is 0 Å². The lowest BCUT2D eigenvalue weighted by atomic mass is 10.0. The molecule has 0 heterocycles. The third-order valence-corrected chi connectivity index (χ3v) is 4.47. The smallest absolute Gasteiger partial charge is 0.416 e. The van der Waals surface area contributed by atoms with Crippen LogP contribution in [0.5, 0.6) is 5.75 Å². The summed E-state index contributed by atoms with van der Waals surface area (Å²) in [5.41, 5.74) is 8.95. The van der Waals surface area contributed by atoms with Gasteiger partial charge in [0.05, 0.1) is 12.2 Å². The fraction of sp³-hybridized carbons (Fsp3) is 0.333. The minimum Gasteiger partial charge on any atom is -0.508 e. The molecule has 0 unspecified atom stereocenters. The van der Waals surface area contributed by atoms with E-state index >= 15 is 0 Å². The third kappa shape index (κ3) is 7.21. The van der Waals surface area contributed by atoms with Crippen LogP contribution in [0.3, 0.4) is 0 Å². The number of aromatic hydroxyl groups is 1. The van der Waals surface area contributed by atoms with Crippen LogP contribution in [-0.4, -0.2) is 35.7 Å². The van der Waals surface area contributed by atoms with Crippen LogP contribution in [0.15, 0.2) is 53.6 Å². The summed E-state index contributed by atoms with van der Waals surface area (Å²) in [6, 6.07) is 7.70. The average Bonchev–Trinajstić information content (AvgIpc) is 2.74. The van der Waals surface area contributed by atoms with Crippen LogP contribution >= 0.6 is 0 Å². The van der Waals surface area contributed by atoms with Crippen LogP contribution in [0, 0.1) is 0 Å². The minimum absolute atomic E-state index is 0.00595. The number of nitrogens with one attached hydrogen (secondary N) is 1. The fourth-order valence-electron chi connectivity index (χ4n) is 2.87. The molecule has 0 saturated heterocycles. The Hall–Kier alpha value is -3.72. The van der Waals surface area contributed by atoms with Crippen molar-refractivity contribution in [2.75, 3.05) is 6.61 Å². The van der Waals surface area contributed by atoms with Crippen molar-refractivity contribution < 1.29 is 32.6 Å². The van der Waals surface area contributed by atoms with Gasteiger partial charge in [0, 0.05) is 11.3 Å². The summed E-state index contributed by atoms with van der Waals surface area (Å²) >= 11 is 0. The summed E-state index contributed by atoms with van der Waals surface area (Å²) in [7, 11) is 0. The molecular weight excluding hydrogens is 429 g/mol. The van der Waals surface area contributed by atoms with Gasteiger partial charge in [0.25, 0.3) is 0 Å². The first-order valence-corrected chi connectivity index (χ1v) is 9.59. The van der Waals surface area contributed by atoms with E-state index in [2.05, 4.69) is 15.3 Å². The van der Waals surface area contributed by atoms with Crippen LogP contribution < -0.4 is 5.32 Å². The Morgan fingerprint density at radius 2 is 1.66 bits per heavy atom. The van der Waals surface area contributed by atoms with Gasteiger partial charge in [0.2, 0.25) is 5.91 Å². The Balaban J connectivity index is 2.18. The molecule has 0 aliphatic heterocycles. The predicted molar refractivity (Wildman–Crippen MR) is 108 cm³/mol. The van der Waals surface area contributed by atoms with Gasteiger partial charge in [-0.1, -0.05) is 29.4 Å². The van der Waals surface area contributed by atoms with Crippen molar-refractivity contribution in [1.82, 2.24) is 5.32 Å². The lowest BCUT2D eigenvalue weighted by molar-refractivity contribution is -0.147. The van der Waals surface area contributed by atoms with Crippen molar-refractivity contribution >= 4 is 11.9 Å². The van der Waals surface area contributed by atoms with Gasteiger partial charge in [0.1, 0.15) is 17.8 Å². The monoisotopic (exact) mass is 450 g/mol. The van der Waals surface area contributed by atoms with Gasteiger partial charge < -0.3 is 15.2 Å². The van der Waals surface area contributed by atoms with Crippen molar-refractivity contribution in [3.05, 3.63) is 75.7 Å². The van der Waals surface area contributed by atoms with Crippen LogP contribution in [0.25, 0.3) is 10.4 Å². The lowest BCUT2D eigenvalue weighted by Gasteiger charge is -2.20. The second-order valence-corrected chi connectivity index (χ2v) is 6.80. The Kier molecular flexibility index (Phi) is 8.48. The summed E-state index contributed by atoms with van der Waals surface area (Å²) in [6.45, 7) is 1.61. The number of carbonyl (C=O) groups excluding carboxylic acids is 2. The number of carbonyl (C=O) groups is 2. The molecule has 32 heavy (non-hydrogen) atoms. The predicted octanol–water partition coefficient (Wildman–Crippen LogP) is 3.92. The SMILES string of the molecule is CCOC(=O)[C@H](Cc1ccc(C(F)(F)F)cc1)NC(=O)[C@@H](Cc1ccc(O)cc1)N=[N+]=[N-]. The summed E-state index contributed by atoms with van der Waals surface area (Å²) in [5.74, 6) is -1.50. The molecule has 0 aliphatic rings. The molecule has 8 nitrogen and oxygen atoms in total. The van der Waals surface area contributed by atoms with Gasteiger partial charge in [-0.3, -0.25) is 4.79 Å². The summed E-state index contributed by atoms with van der Waals surface area (Å²) in [4.78, 5) is 27.7. The first-order valence-electron chi connectivity index (χ1n) is 9.59. The zero-order valence-corrected chi connectivity index (χ0v) is 17.0. The van der Waals surface area contributed by atoms with Crippen molar-refractivity contribution in [3.8, 4) is 5.75 Å². The molecule has 2 aromatic carbocycles. The van der Waals surface area contributed by atoms with E-state index in [1.165, 1.54) is 24.3 Å². The van der Waals surface area contributed by atoms with Crippen molar-refractivity contribution in [3.63, 3.8) is 0 Å². The number of alkyl halides is 3. The molecule has 2 aromatic rings. The molecule has 2 atom stereocenters. The van der Waals surface area contributed by atoms with Gasteiger partial charge in [-0.2, -0.15) is 13.2 Å². The third-order valence-electron chi connectivity index (χ3n) is 4.47. The van der Waals surface area contributed by atoms with E-state index in [1.807, 2.05) is 0 Å². The first-order chi connectivity index (χ1) is 15.1. The average molecular weight is 450 g/mol. The van der Waals surface area contributed by atoms with E-state index in [-0.39, 0.29) is 25.2 Å². The maximum atomic E-state index is 12.8. The Bertz CT molecular complexity index is 972. The second kappa shape index (κ2) is 11.1. The van der Waals surface area contributed by atoms with E-state index in [0.29, 0.717) is 11.1 Å². The highest BCUT2D eigenvalue weighted by molar-refractivity contribution is 5.88. The van der Waals surface area contributed by atoms with E-state index < -0.39 is 35.7 Å². The molecule has 0 fully saturated rings. The molecular formula is C21H21F3N4O4. The highest BCUT2D eigenvalue weighted by Gasteiger charge is 2.31. The van der Waals surface area contributed by atoms with E-state index in [1.54, 1.807) is 19.1 Å². The maximum Gasteiger partial charge on any atom is 0.416 e. The molecule has 0 bridgehead atoms. The van der Waals surface area contributed by atoms with Crippen molar-refractivity contribution in [2.24, 2.45) is 5.11 Å². The molecule has 0 aromatic heterocycles. The number of ether oxygens (including phenoxy) is 1. The van der Waals surface area contributed by atoms with E-state index in [0.717, 1.165) is 12.1 Å². The second-order valence-electron chi connectivity index (χ2n) is 6.80. The van der Waals surface area contributed by atoms with Crippen LogP contribution in [0.1, 0.15) is 23.6 Å². The number of hydrogen-bond acceptors (Lipinski definition) is 5. The zero-order chi connectivity index (χ0) is 23.7. The van der Waals surface area contributed by atoms with Gasteiger partial charge in [-0.25, -0.2) is 4.79 Å². The number of benzene rings is 2. The number of rotatable bonds is 9. The molecule has 170 valence electrons.